The summed E-state index contributed by atoms with van der Waals surface area (Å²) >= 11 is 7.06. The number of carbonyl (C=O) groups excluding carboxylic acids is 1. The van der Waals surface area contributed by atoms with Crippen molar-refractivity contribution in [3.8, 4) is 0 Å². The Morgan fingerprint density at radius 3 is 2.78 bits per heavy atom. The first-order valence-corrected chi connectivity index (χ1v) is 8.91. The van der Waals surface area contributed by atoms with Crippen molar-refractivity contribution in [3.05, 3.63) is 16.3 Å². The van der Waals surface area contributed by atoms with Gasteiger partial charge in [-0.25, -0.2) is 9.97 Å². The van der Waals surface area contributed by atoms with Crippen molar-refractivity contribution < 1.29 is 9.53 Å². The predicted octanol–water partition coefficient (Wildman–Crippen LogP) is 2.11. The highest BCUT2D eigenvalue weighted by molar-refractivity contribution is 7.20. The molecule has 0 aromatic carbocycles. The predicted molar refractivity (Wildman–Crippen MR) is 93.0 cm³/mol. The van der Waals surface area contributed by atoms with Crippen molar-refractivity contribution in [2.75, 3.05) is 43.6 Å². The highest BCUT2D eigenvalue weighted by atomic mass is 35.5. The van der Waals surface area contributed by atoms with Crippen molar-refractivity contribution in [1.82, 2.24) is 15.3 Å². The third-order valence-electron chi connectivity index (χ3n) is 3.78. The van der Waals surface area contributed by atoms with Crippen LogP contribution in [0, 0.1) is 13.8 Å². The summed E-state index contributed by atoms with van der Waals surface area (Å²) in [7, 11) is 0. The van der Waals surface area contributed by atoms with E-state index in [9.17, 15) is 4.79 Å². The smallest absolute Gasteiger partial charge is 0.261 e. The minimum atomic E-state index is -0.100. The average molecular weight is 355 g/mol. The summed E-state index contributed by atoms with van der Waals surface area (Å²) in [6, 6.07) is 0. The summed E-state index contributed by atoms with van der Waals surface area (Å²) < 4.78 is 5.42. The molecule has 1 N–H and O–H groups in total. The zero-order valence-electron chi connectivity index (χ0n) is 13.2. The van der Waals surface area contributed by atoms with E-state index in [1.807, 2.05) is 13.8 Å². The van der Waals surface area contributed by atoms with E-state index in [4.69, 9.17) is 16.3 Å². The number of halogens is 1. The van der Waals surface area contributed by atoms with Gasteiger partial charge >= 0.3 is 0 Å². The molecule has 1 aliphatic rings. The van der Waals surface area contributed by atoms with Crippen molar-refractivity contribution in [3.63, 3.8) is 0 Å². The fourth-order valence-corrected chi connectivity index (χ4v) is 3.92. The number of aromatic nitrogens is 2. The molecule has 1 saturated heterocycles. The molecule has 2 aromatic rings. The number of hydrogen-bond donors (Lipinski definition) is 1. The van der Waals surface area contributed by atoms with Gasteiger partial charge in [-0.15, -0.1) is 22.9 Å². The Kier molecular flexibility index (Phi) is 4.99. The molecule has 0 bridgehead atoms. The summed E-state index contributed by atoms with van der Waals surface area (Å²) in [5.74, 6) is 1.92. The number of rotatable bonds is 4. The number of nitrogens with one attached hydrogen (secondary N) is 1. The summed E-state index contributed by atoms with van der Waals surface area (Å²) in [5, 5.41) is 3.79. The molecule has 2 aromatic heterocycles. The molecule has 0 radical (unpaired) electrons. The summed E-state index contributed by atoms with van der Waals surface area (Å²) in [6.45, 7) is 7.27. The number of alkyl halides is 1. The zero-order valence-corrected chi connectivity index (χ0v) is 14.8. The fraction of sp³-hybridized carbons (Fsp3) is 0.533. The number of amides is 1. The van der Waals surface area contributed by atoms with Crippen LogP contribution in [0.4, 0.5) is 5.82 Å². The first-order chi connectivity index (χ1) is 11.1. The van der Waals surface area contributed by atoms with Crippen LogP contribution >= 0.6 is 22.9 Å². The number of morpholine rings is 1. The Morgan fingerprint density at radius 1 is 1.35 bits per heavy atom. The molecule has 124 valence electrons. The molecule has 1 fully saturated rings. The number of fused-ring (bicyclic) bond motifs is 1. The monoisotopic (exact) mass is 354 g/mol. The number of aryl methyl sites for hydroxylation is 2. The second-order valence-electron chi connectivity index (χ2n) is 5.38. The molecule has 3 rings (SSSR count). The van der Waals surface area contributed by atoms with E-state index < -0.39 is 0 Å². The molecule has 0 unspecified atom stereocenters. The largest absolute Gasteiger partial charge is 0.378 e. The van der Waals surface area contributed by atoms with Crippen LogP contribution in [0.5, 0.6) is 0 Å². The average Bonchev–Trinajstić information content (AvgIpc) is 2.89. The molecule has 8 heteroatoms. The van der Waals surface area contributed by atoms with E-state index in [-0.39, 0.29) is 5.91 Å². The minimum Gasteiger partial charge on any atom is -0.378 e. The molecular weight excluding hydrogens is 336 g/mol. The van der Waals surface area contributed by atoms with Crippen molar-refractivity contribution in [1.29, 1.82) is 0 Å². The van der Waals surface area contributed by atoms with Crippen LogP contribution in [-0.4, -0.2) is 54.6 Å². The van der Waals surface area contributed by atoms with Crippen LogP contribution in [0.15, 0.2) is 0 Å². The minimum absolute atomic E-state index is 0.100. The van der Waals surface area contributed by atoms with Gasteiger partial charge in [-0.2, -0.15) is 0 Å². The van der Waals surface area contributed by atoms with Crippen LogP contribution in [-0.2, 0) is 4.74 Å². The standard InChI is InChI=1S/C15H19ClN4O2S/c1-9-11-13(20-5-7-22-8-6-20)18-10(2)19-15(11)23-12(9)14(21)17-4-3-16/h3-8H2,1-2H3,(H,17,21). The van der Waals surface area contributed by atoms with E-state index in [1.165, 1.54) is 11.3 Å². The van der Waals surface area contributed by atoms with E-state index in [0.717, 1.165) is 34.7 Å². The maximum atomic E-state index is 12.3. The Balaban J connectivity index is 2.06. The second-order valence-corrected chi connectivity index (χ2v) is 6.75. The van der Waals surface area contributed by atoms with E-state index in [1.54, 1.807) is 0 Å². The van der Waals surface area contributed by atoms with Crippen LogP contribution < -0.4 is 10.2 Å². The summed E-state index contributed by atoms with van der Waals surface area (Å²) in [6.07, 6.45) is 0. The van der Waals surface area contributed by atoms with Crippen molar-refractivity contribution >= 4 is 44.9 Å². The maximum absolute atomic E-state index is 12.3. The molecule has 1 amide bonds. The van der Waals surface area contributed by atoms with Gasteiger partial charge in [0.1, 0.15) is 16.5 Å². The van der Waals surface area contributed by atoms with Gasteiger partial charge in [0.25, 0.3) is 5.91 Å². The molecule has 1 aliphatic heterocycles. The molecule has 0 spiro atoms. The second kappa shape index (κ2) is 6.98. The summed E-state index contributed by atoms with van der Waals surface area (Å²) in [5.41, 5.74) is 0.929. The Morgan fingerprint density at radius 2 is 2.09 bits per heavy atom. The molecule has 0 aliphatic carbocycles. The molecule has 23 heavy (non-hydrogen) atoms. The molecular formula is C15H19ClN4O2S. The first-order valence-electron chi connectivity index (χ1n) is 7.56. The van der Waals surface area contributed by atoms with Gasteiger partial charge in [0.15, 0.2) is 0 Å². The van der Waals surface area contributed by atoms with Crippen molar-refractivity contribution in [2.45, 2.75) is 13.8 Å². The summed E-state index contributed by atoms with van der Waals surface area (Å²) in [4.78, 5) is 25.2. The van der Waals surface area contributed by atoms with E-state index in [0.29, 0.717) is 36.3 Å². The molecule has 0 saturated carbocycles. The topological polar surface area (TPSA) is 67.4 Å². The van der Waals surface area contributed by atoms with Gasteiger partial charge in [0.05, 0.1) is 23.5 Å². The lowest BCUT2D eigenvalue weighted by Crippen LogP contribution is -2.37. The number of thiophene rings is 1. The lowest BCUT2D eigenvalue weighted by atomic mass is 10.2. The van der Waals surface area contributed by atoms with Crippen LogP contribution in [0.1, 0.15) is 21.1 Å². The quantitative estimate of drug-likeness (QED) is 0.852. The Bertz CT molecular complexity index is 728. The number of nitrogens with zero attached hydrogens (tertiary/aromatic N) is 3. The highest BCUT2D eigenvalue weighted by Gasteiger charge is 2.23. The van der Waals surface area contributed by atoms with Crippen LogP contribution in [0.2, 0.25) is 0 Å². The highest BCUT2D eigenvalue weighted by Crippen LogP contribution is 2.35. The Hall–Kier alpha value is -1.44. The van der Waals surface area contributed by atoms with Gasteiger partial charge in [-0.1, -0.05) is 0 Å². The SMILES string of the molecule is Cc1nc(N2CCOCC2)c2c(C)c(C(=O)NCCCl)sc2n1. The number of carbonyl (C=O) groups is 1. The van der Waals surface area contributed by atoms with Gasteiger partial charge < -0.3 is 15.0 Å². The van der Waals surface area contributed by atoms with Crippen LogP contribution in [0.25, 0.3) is 10.2 Å². The molecule has 3 heterocycles. The van der Waals surface area contributed by atoms with Gasteiger partial charge in [0.2, 0.25) is 0 Å². The van der Waals surface area contributed by atoms with Crippen molar-refractivity contribution in [2.24, 2.45) is 0 Å². The number of anilines is 1. The zero-order chi connectivity index (χ0) is 16.4. The van der Waals surface area contributed by atoms with Gasteiger partial charge in [-0.3, -0.25) is 4.79 Å². The number of hydrogen-bond acceptors (Lipinski definition) is 6. The maximum Gasteiger partial charge on any atom is 0.261 e. The molecule has 0 atom stereocenters. The Labute approximate surface area is 143 Å². The van der Waals surface area contributed by atoms with E-state index >= 15 is 0 Å². The lowest BCUT2D eigenvalue weighted by Gasteiger charge is -2.28. The number of ether oxygens (including phenoxy) is 1. The van der Waals surface area contributed by atoms with Gasteiger partial charge in [0, 0.05) is 25.5 Å². The van der Waals surface area contributed by atoms with E-state index in [2.05, 4.69) is 20.2 Å². The fourth-order valence-electron chi connectivity index (χ4n) is 2.68. The third-order valence-corrected chi connectivity index (χ3v) is 5.15. The van der Waals surface area contributed by atoms with Gasteiger partial charge in [-0.05, 0) is 19.4 Å². The first kappa shape index (κ1) is 16.4. The normalized spacial score (nSPS) is 15.2. The molecule has 6 nitrogen and oxygen atoms in total. The lowest BCUT2D eigenvalue weighted by molar-refractivity contribution is 0.0959. The van der Waals surface area contributed by atoms with Crippen LogP contribution in [0.3, 0.4) is 0 Å². The third kappa shape index (κ3) is 3.27.